The molecule has 1 aromatic rings. The van der Waals surface area contributed by atoms with E-state index in [1.807, 2.05) is 0 Å². The van der Waals surface area contributed by atoms with Crippen LogP contribution in [0.25, 0.3) is 0 Å². The number of carbonyl (C=O) groups is 2. The molecule has 1 aromatic carbocycles. The molecule has 0 aliphatic rings. The Hall–Kier alpha value is -1.93. The Bertz CT molecular complexity index is 612. The molecule has 1 amide bonds. The minimum absolute atomic E-state index is 0.0556. The van der Waals surface area contributed by atoms with Gasteiger partial charge in [0.1, 0.15) is 0 Å². The van der Waals surface area contributed by atoms with Crippen LogP contribution >= 0.6 is 0 Å². The van der Waals surface area contributed by atoms with Gasteiger partial charge in [-0.05, 0) is 25.1 Å². The Balaban J connectivity index is 2.84. The molecule has 0 spiro atoms. The number of rotatable bonds is 5. The van der Waals surface area contributed by atoms with Gasteiger partial charge >= 0.3 is 5.97 Å². The fraction of sp³-hybridized carbons (Fsp3) is 0.333. The first kappa shape index (κ1) is 16.1. The van der Waals surface area contributed by atoms with Gasteiger partial charge < -0.3 is 15.8 Å². The van der Waals surface area contributed by atoms with Crippen LogP contribution in [0.2, 0.25) is 0 Å². The summed E-state index contributed by atoms with van der Waals surface area (Å²) >= 11 is 0. The molecule has 110 valence electrons. The molecule has 20 heavy (non-hydrogen) atoms. The zero-order valence-corrected chi connectivity index (χ0v) is 11.9. The number of esters is 1. The number of amides is 1. The maximum atomic E-state index is 11.7. The standard InChI is InChI=1S/C12H16N2O5S/c1-3-19-12(16)10(13)11(15)14-8-5-4-6-9(7-8)20(2,17)18/h4-7,10H,3,13H2,1-2H3,(H,14,15). The Morgan fingerprint density at radius 3 is 2.60 bits per heavy atom. The van der Waals surface area contributed by atoms with E-state index in [9.17, 15) is 18.0 Å². The zero-order chi connectivity index (χ0) is 15.3. The van der Waals surface area contributed by atoms with Crippen LogP contribution in [0.3, 0.4) is 0 Å². The molecule has 1 rings (SSSR count). The maximum Gasteiger partial charge on any atom is 0.332 e. The minimum atomic E-state index is -3.38. The fourth-order valence-electron chi connectivity index (χ4n) is 1.36. The molecule has 0 aromatic heterocycles. The third kappa shape index (κ3) is 4.32. The van der Waals surface area contributed by atoms with E-state index in [4.69, 9.17) is 5.73 Å². The van der Waals surface area contributed by atoms with Crippen molar-refractivity contribution in [2.24, 2.45) is 5.73 Å². The lowest BCUT2D eigenvalue weighted by Gasteiger charge is -2.11. The second kappa shape index (κ2) is 6.49. The van der Waals surface area contributed by atoms with E-state index in [0.29, 0.717) is 0 Å². The van der Waals surface area contributed by atoms with E-state index < -0.39 is 27.8 Å². The van der Waals surface area contributed by atoms with Gasteiger partial charge in [0.05, 0.1) is 11.5 Å². The number of nitrogens with two attached hydrogens (primary N) is 1. The van der Waals surface area contributed by atoms with Gasteiger partial charge in [-0.3, -0.25) is 4.79 Å². The van der Waals surface area contributed by atoms with Gasteiger partial charge in [0.25, 0.3) is 5.91 Å². The molecular weight excluding hydrogens is 284 g/mol. The Morgan fingerprint density at radius 2 is 2.05 bits per heavy atom. The van der Waals surface area contributed by atoms with E-state index in [2.05, 4.69) is 10.1 Å². The lowest BCUT2D eigenvalue weighted by atomic mass is 10.2. The second-order valence-corrected chi connectivity index (χ2v) is 6.03. The van der Waals surface area contributed by atoms with E-state index in [-0.39, 0.29) is 17.2 Å². The molecule has 0 aliphatic heterocycles. The normalized spacial score (nSPS) is 12.6. The number of anilines is 1. The Morgan fingerprint density at radius 1 is 1.40 bits per heavy atom. The number of benzene rings is 1. The van der Waals surface area contributed by atoms with E-state index in [1.54, 1.807) is 6.92 Å². The summed E-state index contributed by atoms with van der Waals surface area (Å²) in [5, 5.41) is 2.36. The number of ether oxygens (including phenoxy) is 1. The second-order valence-electron chi connectivity index (χ2n) is 4.02. The van der Waals surface area contributed by atoms with E-state index >= 15 is 0 Å². The molecule has 0 bridgehead atoms. The van der Waals surface area contributed by atoms with Crippen LogP contribution in [-0.4, -0.2) is 39.2 Å². The molecule has 0 fully saturated rings. The van der Waals surface area contributed by atoms with Crippen LogP contribution in [0, 0.1) is 0 Å². The molecule has 0 saturated heterocycles. The zero-order valence-electron chi connectivity index (χ0n) is 11.1. The highest BCUT2D eigenvalue weighted by molar-refractivity contribution is 7.90. The van der Waals surface area contributed by atoms with Crippen molar-refractivity contribution in [3.63, 3.8) is 0 Å². The van der Waals surface area contributed by atoms with Crippen LogP contribution in [0.5, 0.6) is 0 Å². The molecule has 1 atom stereocenters. The molecule has 0 aliphatic carbocycles. The number of carbonyl (C=O) groups excluding carboxylic acids is 2. The van der Waals surface area contributed by atoms with Crippen LogP contribution in [-0.2, 0) is 24.2 Å². The summed E-state index contributed by atoms with van der Waals surface area (Å²) in [6, 6.07) is 4.19. The molecule has 1 unspecified atom stereocenters. The van der Waals surface area contributed by atoms with Crippen molar-refractivity contribution in [2.75, 3.05) is 18.2 Å². The summed E-state index contributed by atoms with van der Waals surface area (Å²) in [5.41, 5.74) is 5.65. The fourth-order valence-corrected chi connectivity index (χ4v) is 2.03. The minimum Gasteiger partial charge on any atom is -0.464 e. The molecular formula is C12H16N2O5S. The van der Waals surface area contributed by atoms with E-state index in [1.165, 1.54) is 24.3 Å². The largest absolute Gasteiger partial charge is 0.464 e. The van der Waals surface area contributed by atoms with Gasteiger partial charge in [-0.2, -0.15) is 0 Å². The molecule has 0 saturated carbocycles. The number of nitrogens with one attached hydrogen (secondary N) is 1. The monoisotopic (exact) mass is 300 g/mol. The number of sulfone groups is 1. The predicted molar refractivity (Wildman–Crippen MR) is 72.8 cm³/mol. The first-order valence-corrected chi connectivity index (χ1v) is 7.68. The molecule has 7 nitrogen and oxygen atoms in total. The summed E-state index contributed by atoms with van der Waals surface area (Å²) in [4.78, 5) is 23.1. The van der Waals surface area contributed by atoms with E-state index in [0.717, 1.165) is 6.26 Å². The Kier molecular flexibility index (Phi) is 5.23. The van der Waals surface area contributed by atoms with Crippen molar-refractivity contribution >= 4 is 27.4 Å². The van der Waals surface area contributed by atoms with Gasteiger partial charge in [0, 0.05) is 11.9 Å². The summed E-state index contributed by atoms with van der Waals surface area (Å²) < 4.78 is 27.4. The van der Waals surface area contributed by atoms with Crippen LogP contribution < -0.4 is 11.1 Å². The number of hydrogen-bond donors (Lipinski definition) is 2. The van der Waals surface area contributed by atoms with Gasteiger partial charge in [0.2, 0.25) is 0 Å². The molecule has 0 heterocycles. The third-order valence-electron chi connectivity index (χ3n) is 2.35. The third-order valence-corrected chi connectivity index (χ3v) is 3.46. The van der Waals surface area contributed by atoms with Gasteiger partial charge in [-0.15, -0.1) is 0 Å². The van der Waals surface area contributed by atoms with Crippen LogP contribution in [0.15, 0.2) is 29.2 Å². The van der Waals surface area contributed by atoms with Crippen molar-refractivity contribution in [3.8, 4) is 0 Å². The predicted octanol–water partition coefficient (Wildman–Crippen LogP) is -0.0810. The highest BCUT2D eigenvalue weighted by atomic mass is 32.2. The van der Waals surface area contributed by atoms with Gasteiger partial charge in [-0.1, -0.05) is 6.07 Å². The van der Waals surface area contributed by atoms with Gasteiger partial charge in [-0.25, -0.2) is 13.2 Å². The van der Waals surface area contributed by atoms with Crippen molar-refractivity contribution in [1.29, 1.82) is 0 Å². The lowest BCUT2D eigenvalue weighted by molar-refractivity contribution is -0.146. The molecule has 3 N–H and O–H groups in total. The topological polar surface area (TPSA) is 116 Å². The van der Waals surface area contributed by atoms with Gasteiger partial charge in [0.15, 0.2) is 15.9 Å². The maximum absolute atomic E-state index is 11.7. The summed E-state index contributed by atoms with van der Waals surface area (Å²) in [5.74, 6) is -1.61. The number of hydrogen-bond acceptors (Lipinski definition) is 6. The Labute approximate surface area is 117 Å². The lowest BCUT2D eigenvalue weighted by Crippen LogP contribution is -2.43. The SMILES string of the molecule is CCOC(=O)C(N)C(=O)Nc1cccc(S(C)(=O)=O)c1. The summed E-state index contributed by atoms with van der Waals surface area (Å²) in [6.45, 7) is 1.71. The highest BCUT2D eigenvalue weighted by Gasteiger charge is 2.23. The molecule has 8 heteroatoms. The van der Waals surface area contributed by atoms with Crippen molar-refractivity contribution in [2.45, 2.75) is 17.9 Å². The average Bonchev–Trinajstić information content (AvgIpc) is 2.37. The highest BCUT2D eigenvalue weighted by Crippen LogP contribution is 2.15. The van der Waals surface area contributed by atoms with Crippen molar-refractivity contribution in [1.82, 2.24) is 0 Å². The first-order chi connectivity index (χ1) is 9.25. The first-order valence-electron chi connectivity index (χ1n) is 5.79. The van der Waals surface area contributed by atoms with Crippen molar-refractivity contribution in [3.05, 3.63) is 24.3 Å². The van der Waals surface area contributed by atoms with Crippen LogP contribution in [0.4, 0.5) is 5.69 Å². The molecule has 0 radical (unpaired) electrons. The summed E-state index contributed by atoms with van der Waals surface area (Å²) in [6.07, 6.45) is 1.05. The summed E-state index contributed by atoms with van der Waals surface area (Å²) in [7, 11) is -3.38. The average molecular weight is 300 g/mol. The van der Waals surface area contributed by atoms with Crippen molar-refractivity contribution < 1.29 is 22.7 Å². The smallest absolute Gasteiger partial charge is 0.332 e. The van der Waals surface area contributed by atoms with Crippen LogP contribution in [0.1, 0.15) is 6.92 Å². The quantitative estimate of drug-likeness (QED) is 0.580.